The minimum atomic E-state index is 0.791. The fourth-order valence-corrected chi connectivity index (χ4v) is 2.40. The van der Waals surface area contributed by atoms with E-state index in [-0.39, 0.29) is 0 Å². The Morgan fingerprint density at radius 3 is 2.44 bits per heavy atom. The maximum Gasteiger partial charge on any atom is 0.0189 e. The van der Waals surface area contributed by atoms with Gasteiger partial charge in [-0.05, 0) is 18.8 Å². The van der Waals surface area contributed by atoms with Crippen LogP contribution in [-0.4, -0.2) is 6.04 Å². The molecule has 1 rings (SSSR count). The lowest BCUT2D eigenvalue weighted by molar-refractivity contribution is 0.321. The van der Waals surface area contributed by atoms with Crippen LogP contribution in [0.25, 0.3) is 0 Å². The van der Waals surface area contributed by atoms with Gasteiger partial charge in [-0.25, -0.2) is 0 Å². The Morgan fingerprint density at radius 2 is 2.00 bits per heavy atom. The first-order chi connectivity index (χ1) is 4.34. The molecule has 54 valence electrons. The van der Waals surface area contributed by atoms with Crippen LogP contribution in [0.1, 0.15) is 32.6 Å². The maximum absolute atomic E-state index is 3.32. The van der Waals surface area contributed by atoms with E-state index in [1.165, 1.54) is 25.7 Å². The van der Waals surface area contributed by atoms with Gasteiger partial charge in [0.25, 0.3) is 0 Å². The van der Waals surface area contributed by atoms with Crippen molar-refractivity contribution in [3.63, 3.8) is 0 Å². The number of hydrogen-bond acceptors (Lipinski definition) is 1. The monoisotopic (exact) mass is 239 g/mol. The summed E-state index contributed by atoms with van der Waals surface area (Å²) in [6.45, 7) is 2.34. The van der Waals surface area contributed by atoms with Crippen molar-refractivity contribution >= 4 is 22.9 Å². The molecule has 0 radical (unpaired) electrons. The first-order valence-electron chi connectivity index (χ1n) is 3.70. The SMILES string of the molecule is C[C@H]1CCCC[C@@H]1NI. The van der Waals surface area contributed by atoms with Gasteiger partial charge in [0.2, 0.25) is 0 Å². The van der Waals surface area contributed by atoms with Gasteiger partial charge in [0.05, 0.1) is 0 Å². The molecule has 1 saturated carbocycles. The van der Waals surface area contributed by atoms with E-state index < -0.39 is 0 Å². The van der Waals surface area contributed by atoms with E-state index in [9.17, 15) is 0 Å². The summed E-state index contributed by atoms with van der Waals surface area (Å²) in [5.41, 5.74) is 0. The average Bonchev–Trinajstić information content (AvgIpc) is 1.89. The van der Waals surface area contributed by atoms with Gasteiger partial charge >= 0.3 is 0 Å². The summed E-state index contributed by atoms with van der Waals surface area (Å²) in [4.78, 5) is 0. The Kier molecular flexibility index (Phi) is 3.26. The fraction of sp³-hybridized carbons (Fsp3) is 1.00. The molecule has 1 fully saturated rings. The van der Waals surface area contributed by atoms with Crippen LogP contribution in [0.2, 0.25) is 0 Å². The molecule has 1 aliphatic rings. The van der Waals surface area contributed by atoms with Crippen molar-refractivity contribution in [3.05, 3.63) is 0 Å². The molecule has 0 bridgehead atoms. The van der Waals surface area contributed by atoms with Crippen LogP contribution in [0.15, 0.2) is 0 Å². The lowest BCUT2D eigenvalue weighted by Crippen LogP contribution is -2.30. The second-order valence-electron chi connectivity index (χ2n) is 2.98. The van der Waals surface area contributed by atoms with E-state index in [4.69, 9.17) is 0 Å². The number of hydrogen-bond donors (Lipinski definition) is 1. The molecule has 0 aliphatic heterocycles. The van der Waals surface area contributed by atoms with E-state index in [1.807, 2.05) is 0 Å². The summed E-state index contributed by atoms with van der Waals surface area (Å²) in [5.74, 6) is 0.899. The predicted molar refractivity (Wildman–Crippen MR) is 48.6 cm³/mol. The van der Waals surface area contributed by atoms with E-state index >= 15 is 0 Å². The molecule has 2 heteroatoms. The van der Waals surface area contributed by atoms with Gasteiger partial charge in [0, 0.05) is 28.9 Å². The van der Waals surface area contributed by atoms with Crippen molar-refractivity contribution in [2.45, 2.75) is 38.6 Å². The zero-order valence-corrected chi connectivity index (χ0v) is 8.02. The Bertz CT molecular complexity index is 85.0. The van der Waals surface area contributed by atoms with Crippen molar-refractivity contribution < 1.29 is 0 Å². The van der Waals surface area contributed by atoms with Gasteiger partial charge in [0.15, 0.2) is 0 Å². The Labute approximate surface area is 71.1 Å². The Balaban J connectivity index is 2.30. The number of nitrogens with one attached hydrogen (secondary N) is 1. The van der Waals surface area contributed by atoms with Gasteiger partial charge in [0.1, 0.15) is 0 Å². The second-order valence-corrected chi connectivity index (χ2v) is 3.60. The summed E-state index contributed by atoms with van der Waals surface area (Å²) >= 11 is 2.27. The lowest BCUT2D eigenvalue weighted by Gasteiger charge is -2.27. The third-order valence-corrected chi connectivity index (χ3v) is 3.05. The summed E-state index contributed by atoms with van der Waals surface area (Å²) < 4.78 is 3.32. The Hall–Kier alpha value is 0.690. The summed E-state index contributed by atoms with van der Waals surface area (Å²) in [6.07, 6.45) is 5.66. The first-order valence-corrected chi connectivity index (χ1v) is 4.78. The van der Waals surface area contributed by atoms with Gasteiger partial charge in [-0.15, -0.1) is 0 Å². The molecule has 0 heterocycles. The third-order valence-electron chi connectivity index (χ3n) is 2.25. The molecule has 0 aromatic carbocycles. The topological polar surface area (TPSA) is 12.0 Å². The molecule has 0 aromatic heterocycles. The fourth-order valence-electron chi connectivity index (χ4n) is 1.48. The molecule has 1 N–H and O–H groups in total. The molecule has 0 unspecified atom stereocenters. The molecule has 9 heavy (non-hydrogen) atoms. The average molecular weight is 239 g/mol. The normalized spacial score (nSPS) is 36.7. The quantitative estimate of drug-likeness (QED) is 0.547. The van der Waals surface area contributed by atoms with Crippen molar-refractivity contribution in [2.24, 2.45) is 5.92 Å². The summed E-state index contributed by atoms with van der Waals surface area (Å²) in [7, 11) is 0. The minimum Gasteiger partial charge on any atom is -0.258 e. The van der Waals surface area contributed by atoms with Crippen molar-refractivity contribution in [1.82, 2.24) is 3.53 Å². The molecule has 2 atom stereocenters. The van der Waals surface area contributed by atoms with Crippen LogP contribution in [0.4, 0.5) is 0 Å². The van der Waals surface area contributed by atoms with Crippen molar-refractivity contribution in [1.29, 1.82) is 0 Å². The van der Waals surface area contributed by atoms with E-state index in [2.05, 4.69) is 33.3 Å². The number of rotatable bonds is 1. The molecule has 0 spiro atoms. The highest BCUT2D eigenvalue weighted by molar-refractivity contribution is 14.1. The zero-order chi connectivity index (χ0) is 6.69. The van der Waals surface area contributed by atoms with Crippen molar-refractivity contribution in [2.75, 3.05) is 0 Å². The van der Waals surface area contributed by atoms with Gasteiger partial charge < -0.3 is 0 Å². The van der Waals surface area contributed by atoms with Crippen LogP contribution < -0.4 is 3.53 Å². The van der Waals surface area contributed by atoms with Gasteiger partial charge in [-0.3, -0.25) is 3.53 Å². The lowest BCUT2D eigenvalue weighted by atomic mass is 9.87. The van der Waals surface area contributed by atoms with Crippen LogP contribution in [-0.2, 0) is 0 Å². The molecule has 0 aromatic rings. The van der Waals surface area contributed by atoms with Gasteiger partial charge in [-0.2, -0.15) is 0 Å². The highest BCUT2D eigenvalue weighted by atomic mass is 127. The predicted octanol–water partition coefficient (Wildman–Crippen LogP) is 2.50. The molecule has 0 amide bonds. The summed E-state index contributed by atoms with van der Waals surface area (Å²) in [6, 6.07) is 0.791. The van der Waals surface area contributed by atoms with E-state index in [0.717, 1.165) is 12.0 Å². The van der Waals surface area contributed by atoms with Crippen molar-refractivity contribution in [3.8, 4) is 0 Å². The second kappa shape index (κ2) is 3.76. The van der Waals surface area contributed by atoms with Crippen LogP contribution in [0.3, 0.4) is 0 Å². The largest absolute Gasteiger partial charge is 0.258 e. The van der Waals surface area contributed by atoms with Crippen LogP contribution >= 0.6 is 22.9 Å². The smallest absolute Gasteiger partial charge is 0.0189 e. The first kappa shape index (κ1) is 7.79. The zero-order valence-electron chi connectivity index (χ0n) is 5.86. The van der Waals surface area contributed by atoms with Gasteiger partial charge in [-0.1, -0.05) is 19.8 Å². The van der Waals surface area contributed by atoms with Crippen LogP contribution in [0.5, 0.6) is 0 Å². The van der Waals surface area contributed by atoms with E-state index in [0.29, 0.717) is 0 Å². The molecule has 1 nitrogen and oxygen atoms in total. The van der Waals surface area contributed by atoms with E-state index in [1.54, 1.807) is 0 Å². The number of halogens is 1. The Morgan fingerprint density at radius 1 is 1.33 bits per heavy atom. The third kappa shape index (κ3) is 2.08. The highest BCUT2D eigenvalue weighted by Gasteiger charge is 2.19. The molecule has 0 saturated heterocycles. The van der Waals surface area contributed by atoms with Crippen LogP contribution in [0, 0.1) is 5.92 Å². The standard InChI is InChI=1S/C7H14IN/c1-6-4-2-3-5-7(6)9-8/h6-7,9H,2-5H2,1H3/t6-,7-/m0/s1. The summed E-state index contributed by atoms with van der Waals surface area (Å²) in [5, 5.41) is 0. The molecule has 1 aliphatic carbocycles. The highest BCUT2D eigenvalue weighted by Crippen LogP contribution is 2.23. The molecular weight excluding hydrogens is 225 g/mol. The maximum atomic E-state index is 3.32. The minimum absolute atomic E-state index is 0.791. The molecular formula is C7H14IN.